The van der Waals surface area contributed by atoms with Crippen molar-refractivity contribution in [3.05, 3.63) is 65.2 Å². The molecule has 0 bridgehead atoms. The van der Waals surface area contributed by atoms with E-state index in [-0.39, 0.29) is 16.0 Å². The van der Waals surface area contributed by atoms with Crippen molar-refractivity contribution in [3.8, 4) is 0 Å². The molecule has 110 valence electrons. The van der Waals surface area contributed by atoms with Gasteiger partial charge in [-0.2, -0.15) is 0 Å². The van der Waals surface area contributed by atoms with E-state index in [0.717, 1.165) is 36.4 Å². The van der Waals surface area contributed by atoms with Gasteiger partial charge >= 0.3 is 5.97 Å². The molecular weight excluding hydrogens is 302 g/mol. The van der Waals surface area contributed by atoms with Gasteiger partial charge in [0.1, 0.15) is 11.6 Å². The number of aromatic carboxylic acids is 1. The molecule has 1 N–H and O–H groups in total. The third-order valence-electron chi connectivity index (χ3n) is 2.74. The zero-order valence-electron chi connectivity index (χ0n) is 10.6. The van der Waals surface area contributed by atoms with Crippen molar-refractivity contribution in [1.29, 1.82) is 0 Å². The Labute approximate surface area is 119 Å². The van der Waals surface area contributed by atoms with Gasteiger partial charge in [-0.1, -0.05) is 0 Å². The molecule has 0 unspecified atom stereocenters. The summed E-state index contributed by atoms with van der Waals surface area (Å²) in [5.41, 5.74) is -0.0689. The van der Waals surface area contributed by atoms with Gasteiger partial charge in [0.05, 0.1) is 16.2 Å². The average molecular weight is 312 g/mol. The minimum Gasteiger partial charge on any atom is -0.478 e. The summed E-state index contributed by atoms with van der Waals surface area (Å²) in [6.07, 6.45) is 0. The van der Waals surface area contributed by atoms with E-state index in [0.29, 0.717) is 6.07 Å². The number of rotatable bonds is 4. The monoisotopic (exact) mass is 312 g/mol. The topological polar surface area (TPSA) is 71.4 Å². The molecule has 0 aliphatic carbocycles. The van der Waals surface area contributed by atoms with Gasteiger partial charge < -0.3 is 5.11 Å². The minimum absolute atomic E-state index is 0.0187. The van der Waals surface area contributed by atoms with E-state index >= 15 is 0 Å². The Bertz CT molecular complexity index is 763. The lowest BCUT2D eigenvalue weighted by atomic mass is 10.2. The highest BCUT2D eigenvalue weighted by atomic mass is 32.2. The minimum atomic E-state index is -3.82. The fraction of sp³-hybridized carbons (Fsp3) is 0.0714. The molecular formula is C14H10F2O4S. The second-order valence-electron chi connectivity index (χ2n) is 4.37. The van der Waals surface area contributed by atoms with Crippen LogP contribution in [0.25, 0.3) is 0 Å². The van der Waals surface area contributed by atoms with Crippen molar-refractivity contribution in [1.82, 2.24) is 0 Å². The molecule has 0 saturated heterocycles. The number of hydrogen-bond acceptors (Lipinski definition) is 3. The van der Waals surface area contributed by atoms with E-state index in [1.54, 1.807) is 0 Å². The maximum absolute atomic E-state index is 13.0. The van der Waals surface area contributed by atoms with E-state index in [2.05, 4.69) is 0 Å². The molecule has 0 radical (unpaired) electrons. The first-order valence-corrected chi connectivity index (χ1v) is 7.44. The zero-order valence-corrected chi connectivity index (χ0v) is 11.4. The third kappa shape index (κ3) is 3.63. The van der Waals surface area contributed by atoms with E-state index in [1.165, 1.54) is 0 Å². The van der Waals surface area contributed by atoms with Gasteiger partial charge in [-0.15, -0.1) is 0 Å². The highest BCUT2D eigenvalue weighted by Crippen LogP contribution is 2.18. The van der Waals surface area contributed by atoms with Gasteiger partial charge in [-0.25, -0.2) is 22.0 Å². The van der Waals surface area contributed by atoms with Crippen LogP contribution in [0.5, 0.6) is 0 Å². The lowest BCUT2D eigenvalue weighted by Gasteiger charge is -2.06. The standard InChI is InChI=1S/C14H10F2O4S/c15-11-5-9(6-12(16)7-11)8-21(19,20)13-3-1-10(2-4-13)14(17)18/h1-7H,8H2,(H,17,18). The Morgan fingerprint density at radius 2 is 1.52 bits per heavy atom. The predicted octanol–water partition coefficient (Wildman–Crippen LogP) is 2.64. The Morgan fingerprint density at radius 3 is 2.00 bits per heavy atom. The van der Waals surface area contributed by atoms with Crippen molar-refractivity contribution < 1.29 is 27.1 Å². The molecule has 0 heterocycles. The number of halogens is 2. The van der Waals surface area contributed by atoms with E-state index in [9.17, 15) is 22.0 Å². The van der Waals surface area contributed by atoms with Gasteiger partial charge in [0.2, 0.25) is 0 Å². The van der Waals surface area contributed by atoms with Gasteiger partial charge in [0, 0.05) is 6.07 Å². The molecule has 0 amide bonds. The molecule has 0 saturated carbocycles. The van der Waals surface area contributed by atoms with E-state index in [1.807, 2.05) is 0 Å². The lowest BCUT2D eigenvalue weighted by Crippen LogP contribution is -2.06. The molecule has 0 aliphatic heterocycles. The van der Waals surface area contributed by atoms with Crippen LogP contribution in [0.4, 0.5) is 8.78 Å². The summed E-state index contributed by atoms with van der Waals surface area (Å²) in [5.74, 6) is -3.47. The third-order valence-corrected chi connectivity index (χ3v) is 4.44. The van der Waals surface area contributed by atoms with Crippen LogP contribution in [0, 0.1) is 11.6 Å². The largest absolute Gasteiger partial charge is 0.478 e. The molecule has 2 aromatic carbocycles. The Morgan fingerprint density at radius 1 is 1.00 bits per heavy atom. The van der Waals surface area contributed by atoms with Crippen LogP contribution in [0.3, 0.4) is 0 Å². The molecule has 4 nitrogen and oxygen atoms in total. The Hall–Kier alpha value is -2.28. The van der Waals surface area contributed by atoms with Crippen LogP contribution in [0.2, 0.25) is 0 Å². The number of benzene rings is 2. The first-order chi connectivity index (χ1) is 9.78. The zero-order chi connectivity index (χ0) is 15.6. The van der Waals surface area contributed by atoms with E-state index < -0.39 is 33.2 Å². The summed E-state index contributed by atoms with van der Waals surface area (Å²) in [7, 11) is -3.82. The van der Waals surface area contributed by atoms with Gasteiger partial charge in [-0.3, -0.25) is 0 Å². The van der Waals surface area contributed by atoms with Gasteiger partial charge in [0.25, 0.3) is 0 Å². The molecule has 7 heteroatoms. The van der Waals surface area contributed by atoms with E-state index in [4.69, 9.17) is 5.11 Å². The molecule has 0 aliphatic rings. The second-order valence-corrected chi connectivity index (χ2v) is 6.36. The smallest absolute Gasteiger partial charge is 0.335 e. The maximum atomic E-state index is 13.0. The van der Waals surface area contributed by atoms with Crippen LogP contribution < -0.4 is 0 Å². The van der Waals surface area contributed by atoms with Gasteiger partial charge in [-0.05, 0) is 42.0 Å². The van der Waals surface area contributed by atoms with Crippen LogP contribution in [0.1, 0.15) is 15.9 Å². The summed E-state index contributed by atoms with van der Waals surface area (Å²) in [4.78, 5) is 10.6. The van der Waals surface area contributed by atoms with Crippen LogP contribution in [-0.4, -0.2) is 19.5 Å². The number of carbonyl (C=O) groups is 1. The summed E-state index contributed by atoms with van der Waals surface area (Å²) in [6.45, 7) is 0. The fourth-order valence-corrected chi connectivity index (χ4v) is 3.12. The summed E-state index contributed by atoms with van der Waals surface area (Å²) in [5, 5.41) is 8.74. The number of sulfone groups is 1. The number of carboxylic acid groups (broad SMARTS) is 1. The summed E-state index contributed by atoms with van der Waals surface area (Å²) >= 11 is 0. The van der Waals surface area contributed by atoms with Crippen LogP contribution >= 0.6 is 0 Å². The predicted molar refractivity (Wildman–Crippen MR) is 70.6 cm³/mol. The molecule has 2 rings (SSSR count). The number of carboxylic acids is 1. The molecule has 0 atom stereocenters. The highest BCUT2D eigenvalue weighted by Gasteiger charge is 2.17. The Kier molecular flexibility index (Phi) is 4.04. The second kappa shape index (κ2) is 5.61. The normalized spacial score (nSPS) is 11.3. The molecule has 0 fully saturated rings. The lowest BCUT2D eigenvalue weighted by molar-refractivity contribution is 0.0696. The van der Waals surface area contributed by atoms with Crippen LogP contribution in [0.15, 0.2) is 47.4 Å². The SMILES string of the molecule is O=C(O)c1ccc(S(=O)(=O)Cc2cc(F)cc(F)c2)cc1. The molecule has 21 heavy (non-hydrogen) atoms. The van der Waals surface area contributed by atoms with Crippen molar-refractivity contribution in [2.45, 2.75) is 10.6 Å². The maximum Gasteiger partial charge on any atom is 0.335 e. The van der Waals surface area contributed by atoms with Crippen LogP contribution in [-0.2, 0) is 15.6 Å². The van der Waals surface area contributed by atoms with Crippen molar-refractivity contribution >= 4 is 15.8 Å². The average Bonchev–Trinajstić information content (AvgIpc) is 2.37. The molecule has 2 aromatic rings. The van der Waals surface area contributed by atoms with Gasteiger partial charge in [0.15, 0.2) is 9.84 Å². The summed E-state index contributed by atoms with van der Waals surface area (Å²) in [6, 6.07) is 7.13. The van der Waals surface area contributed by atoms with Crippen molar-refractivity contribution in [2.75, 3.05) is 0 Å². The Balaban J connectivity index is 2.31. The molecule has 0 spiro atoms. The first-order valence-electron chi connectivity index (χ1n) is 5.79. The number of hydrogen-bond donors (Lipinski definition) is 1. The highest BCUT2D eigenvalue weighted by molar-refractivity contribution is 7.90. The van der Waals surface area contributed by atoms with Crippen molar-refractivity contribution in [2.24, 2.45) is 0 Å². The first kappa shape index (κ1) is 15.1. The van der Waals surface area contributed by atoms with Crippen molar-refractivity contribution in [3.63, 3.8) is 0 Å². The summed E-state index contributed by atoms with van der Waals surface area (Å²) < 4.78 is 50.3. The fourth-order valence-electron chi connectivity index (χ4n) is 1.80. The molecule has 0 aromatic heterocycles. The quantitative estimate of drug-likeness (QED) is 0.942.